The molecule has 0 fully saturated rings. The van der Waals surface area contributed by atoms with Crippen molar-refractivity contribution < 1.29 is 15.4 Å². The highest BCUT2D eigenvalue weighted by Crippen LogP contribution is 2.09. The third kappa shape index (κ3) is 4.35. The molecule has 13 heavy (non-hydrogen) atoms. The van der Waals surface area contributed by atoms with E-state index in [0.29, 0.717) is 6.42 Å². The van der Waals surface area contributed by atoms with Gasteiger partial charge in [0.05, 0.1) is 6.21 Å². The Balaban J connectivity index is 0.00000144. The van der Waals surface area contributed by atoms with Gasteiger partial charge in [-0.1, -0.05) is 17.3 Å². The van der Waals surface area contributed by atoms with E-state index < -0.39 is 0 Å². The molecule has 0 amide bonds. The van der Waals surface area contributed by atoms with E-state index >= 15 is 0 Å². The highest BCUT2D eigenvalue weighted by molar-refractivity contribution is 5.85. The summed E-state index contributed by atoms with van der Waals surface area (Å²) >= 11 is 0. The number of oxime groups is 1. The lowest BCUT2D eigenvalue weighted by Crippen LogP contribution is -1.85. The topological polar surface area (TPSA) is 62.0 Å². The number of phenols is 1. The molecule has 2 N–H and O–H groups in total. The normalized spacial score (nSPS) is 9.62. The van der Waals surface area contributed by atoms with Crippen molar-refractivity contribution in [3.8, 4) is 5.75 Å². The Labute approximate surface area is 81.8 Å². The Bertz CT molecular complexity index is 261. The summed E-state index contributed by atoms with van der Waals surface area (Å²) in [5, 5.41) is 19.9. The first kappa shape index (κ1) is 11.7. The summed E-state index contributed by atoms with van der Waals surface area (Å²) in [5.74, 6) is 0.231. The summed E-state index contributed by atoms with van der Waals surface area (Å²) in [4.78, 5) is 3.51. The number of hydrogen-bond acceptors (Lipinski definition) is 4. The lowest BCUT2D eigenvalue weighted by molar-refractivity contribution is -0.242. The summed E-state index contributed by atoms with van der Waals surface area (Å²) in [6.45, 7) is 0. The van der Waals surface area contributed by atoms with Gasteiger partial charge < -0.3 is 5.11 Å². The van der Waals surface area contributed by atoms with Gasteiger partial charge in [0, 0.05) is 6.42 Å². The molecule has 1 aromatic carbocycles. The van der Waals surface area contributed by atoms with Crippen molar-refractivity contribution in [2.45, 2.75) is 6.42 Å². The van der Waals surface area contributed by atoms with Crippen molar-refractivity contribution in [3.05, 3.63) is 29.8 Å². The van der Waals surface area contributed by atoms with Gasteiger partial charge in [0.2, 0.25) is 0 Å². The van der Waals surface area contributed by atoms with Crippen LogP contribution in [0, 0.1) is 0 Å². The molecule has 0 unspecified atom stereocenters. The molecule has 4 nitrogen and oxygen atoms in total. The van der Waals surface area contributed by atoms with Gasteiger partial charge in [-0.3, -0.25) is 0 Å². The molecule has 0 radical (unpaired) electrons. The van der Waals surface area contributed by atoms with E-state index in [9.17, 15) is 0 Å². The first-order valence-corrected chi connectivity index (χ1v) is 3.43. The first-order valence-electron chi connectivity index (χ1n) is 3.43. The zero-order valence-electron chi connectivity index (χ0n) is 6.75. The molecule has 1 aromatic rings. The van der Waals surface area contributed by atoms with Crippen LogP contribution in [0.25, 0.3) is 0 Å². The minimum absolute atomic E-state index is 0. The monoisotopic (exact) mass is 203 g/mol. The minimum Gasteiger partial charge on any atom is -0.508 e. The second-order valence-electron chi connectivity index (χ2n) is 2.24. The minimum atomic E-state index is 0. The number of hydrogen-bond donors (Lipinski definition) is 2. The van der Waals surface area contributed by atoms with E-state index in [-0.39, 0.29) is 18.2 Å². The van der Waals surface area contributed by atoms with Crippen molar-refractivity contribution in [2.75, 3.05) is 0 Å². The zero-order chi connectivity index (χ0) is 8.81. The number of phenolic OH excluding ortho intramolecular Hbond substituents is 1. The van der Waals surface area contributed by atoms with Crippen molar-refractivity contribution in [1.82, 2.24) is 0 Å². The molecule has 0 saturated carbocycles. The molecule has 0 aromatic heterocycles. The summed E-state index contributed by atoms with van der Waals surface area (Å²) in [5.41, 5.74) is 0.980. The Morgan fingerprint density at radius 2 is 1.92 bits per heavy atom. The van der Waals surface area contributed by atoms with Crippen LogP contribution in [0.2, 0.25) is 0 Å². The smallest absolute Gasteiger partial charge is 0.115 e. The summed E-state index contributed by atoms with van der Waals surface area (Å²) < 4.78 is 0. The molecule has 1 rings (SSSR count). The average molecular weight is 204 g/mol. The van der Waals surface area contributed by atoms with E-state index in [1.54, 1.807) is 24.3 Å². The van der Waals surface area contributed by atoms with Crippen molar-refractivity contribution in [1.29, 1.82) is 0 Å². The van der Waals surface area contributed by atoms with E-state index in [1.165, 1.54) is 6.21 Å². The maximum Gasteiger partial charge on any atom is 0.115 e. The van der Waals surface area contributed by atoms with Crippen LogP contribution in [-0.4, -0.2) is 16.6 Å². The molecule has 0 bridgehead atoms. The Kier molecular flexibility index (Phi) is 5.67. The number of aromatic hydroxyl groups is 1. The van der Waals surface area contributed by atoms with Crippen LogP contribution in [0.5, 0.6) is 5.75 Å². The maximum absolute atomic E-state index is 8.93. The molecular formula is C8H10ClNO3. The Morgan fingerprint density at radius 1 is 1.31 bits per heavy atom. The maximum atomic E-state index is 8.93. The SMILES string of the molecule is Cl.OON=CCc1ccc(O)cc1. The van der Waals surface area contributed by atoms with Crippen molar-refractivity contribution in [3.63, 3.8) is 0 Å². The zero-order valence-corrected chi connectivity index (χ0v) is 7.57. The molecular weight excluding hydrogens is 194 g/mol. The fraction of sp³-hybridized carbons (Fsp3) is 0.125. The molecule has 0 aliphatic rings. The second kappa shape index (κ2) is 6.28. The predicted octanol–water partition coefficient (Wildman–Crippen LogP) is 1.83. The van der Waals surface area contributed by atoms with Gasteiger partial charge in [-0.05, 0) is 17.7 Å². The van der Waals surface area contributed by atoms with Crippen molar-refractivity contribution in [2.24, 2.45) is 5.16 Å². The summed E-state index contributed by atoms with van der Waals surface area (Å²) in [6.07, 6.45) is 1.98. The highest BCUT2D eigenvalue weighted by Gasteiger charge is 1.89. The molecule has 0 heterocycles. The van der Waals surface area contributed by atoms with Crippen LogP contribution in [0.3, 0.4) is 0 Å². The third-order valence-corrected chi connectivity index (χ3v) is 1.39. The summed E-state index contributed by atoms with van der Waals surface area (Å²) in [6, 6.07) is 6.70. The van der Waals surface area contributed by atoms with Gasteiger partial charge in [-0.25, -0.2) is 4.99 Å². The van der Waals surface area contributed by atoms with Gasteiger partial charge in [-0.15, -0.1) is 12.4 Å². The number of benzene rings is 1. The molecule has 0 aliphatic carbocycles. The lowest BCUT2D eigenvalue weighted by atomic mass is 10.2. The van der Waals surface area contributed by atoms with Gasteiger partial charge in [0.25, 0.3) is 0 Å². The van der Waals surface area contributed by atoms with E-state index in [4.69, 9.17) is 10.4 Å². The van der Waals surface area contributed by atoms with Gasteiger partial charge in [-0.2, -0.15) is 5.26 Å². The van der Waals surface area contributed by atoms with Crippen molar-refractivity contribution >= 4 is 18.6 Å². The van der Waals surface area contributed by atoms with Gasteiger partial charge in [0.1, 0.15) is 5.75 Å². The lowest BCUT2D eigenvalue weighted by Gasteiger charge is -1.94. The van der Waals surface area contributed by atoms with Crippen LogP contribution in [0.1, 0.15) is 5.56 Å². The van der Waals surface area contributed by atoms with Crippen LogP contribution in [0.4, 0.5) is 0 Å². The van der Waals surface area contributed by atoms with E-state index in [0.717, 1.165) is 5.56 Å². The molecule has 0 aliphatic heterocycles. The van der Waals surface area contributed by atoms with Crippen LogP contribution in [-0.2, 0) is 11.4 Å². The fourth-order valence-electron chi connectivity index (χ4n) is 0.808. The molecule has 72 valence electrons. The third-order valence-electron chi connectivity index (χ3n) is 1.39. The second-order valence-corrected chi connectivity index (χ2v) is 2.24. The molecule has 5 heteroatoms. The largest absolute Gasteiger partial charge is 0.508 e. The predicted molar refractivity (Wildman–Crippen MR) is 51.3 cm³/mol. The highest BCUT2D eigenvalue weighted by atomic mass is 35.5. The number of nitrogens with zero attached hydrogens (tertiary/aromatic N) is 1. The van der Waals surface area contributed by atoms with Crippen LogP contribution >= 0.6 is 12.4 Å². The summed E-state index contributed by atoms with van der Waals surface area (Å²) in [7, 11) is 0. The van der Waals surface area contributed by atoms with E-state index in [2.05, 4.69) is 10.1 Å². The molecule has 0 atom stereocenters. The van der Waals surface area contributed by atoms with Gasteiger partial charge >= 0.3 is 0 Å². The van der Waals surface area contributed by atoms with E-state index in [1.807, 2.05) is 0 Å². The van der Waals surface area contributed by atoms with Crippen LogP contribution in [0.15, 0.2) is 29.4 Å². The standard InChI is InChI=1S/C8H9NO3.ClH/c10-8-3-1-7(2-4-8)5-6-9-12-11;/h1-4,6,10-11H,5H2;1H. The first-order chi connectivity index (χ1) is 5.83. The molecule has 0 saturated heterocycles. The Morgan fingerprint density at radius 3 is 2.46 bits per heavy atom. The van der Waals surface area contributed by atoms with Crippen LogP contribution < -0.4 is 0 Å². The average Bonchev–Trinajstić information content (AvgIpc) is 2.09. The number of rotatable bonds is 3. The molecule has 0 spiro atoms. The quantitative estimate of drug-likeness (QED) is 0.448. The number of halogens is 1. The Hall–Kier alpha value is -1.26. The fourth-order valence-corrected chi connectivity index (χ4v) is 0.808. The van der Waals surface area contributed by atoms with Gasteiger partial charge in [0.15, 0.2) is 0 Å².